The second-order valence-electron chi connectivity index (χ2n) is 7.61. The van der Waals surface area contributed by atoms with E-state index in [9.17, 15) is 24.0 Å². The zero-order chi connectivity index (χ0) is 24.7. The van der Waals surface area contributed by atoms with Gasteiger partial charge in [0.1, 0.15) is 12.7 Å². The first-order chi connectivity index (χ1) is 15.5. The van der Waals surface area contributed by atoms with Crippen molar-refractivity contribution in [3.8, 4) is 0 Å². The summed E-state index contributed by atoms with van der Waals surface area (Å²) in [6.45, 7) is 5.06. The van der Waals surface area contributed by atoms with Gasteiger partial charge in [-0.15, -0.1) is 0 Å². The highest BCUT2D eigenvalue weighted by Gasteiger charge is 2.54. The van der Waals surface area contributed by atoms with Crippen molar-refractivity contribution in [2.75, 3.05) is 19.7 Å². The smallest absolute Gasteiger partial charge is 0.412 e. The Bertz CT molecular complexity index is 752. The number of alkyl halides is 1. The van der Waals surface area contributed by atoms with Crippen molar-refractivity contribution in [3.63, 3.8) is 0 Å². The minimum absolute atomic E-state index is 0.397. The maximum atomic E-state index is 12.8. The van der Waals surface area contributed by atoms with Gasteiger partial charge >= 0.3 is 30.0 Å². The molecular formula is C20H28INO11. The zero-order valence-electron chi connectivity index (χ0n) is 18.8. The fourth-order valence-corrected chi connectivity index (χ4v) is 4.05. The van der Waals surface area contributed by atoms with Gasteiger partial charge in [0.25, 0.3) is 0 Å². The van der Waals surface area contributed by atoms with Crippen molar-refractivity contribution in [2.45, 2.75) is 75.2 Å². The molecule has 13 heteroatoms. The number of piperidine rings is 1. The van der Waals surface area contributed by atoms with Gasteiger partial charge in [-0.2, -0.15) is 0 Å². The molecule has 0 unspecified atom stereocenters. The number of ether oxygens (including phenoxy) is 6. The summed E-state index contributed by atoms with van der Waals surface area (Å²) in [5, 5.41) is 0. The van der Waals surface area contributed by atoms with E-state index in [2.05, 4.69) is 22.6 Å². The highest BCUT2D eigenvalue weighted by atomic mass is 127. The number of hydrogen-bond donors (Lipinski definition) is 0. The van der Waals surface area contributed by atoms with Crippen molar-refractivity contribution in [2.24, 2.45) is 0 Å². The van der Waals surface area contributed by atoms with Crippen molar-refractivity contribution >= 4 is 52.6 Å². The Labute approximate surface area is 204 Å². The van der Waals surface area contributed by atoms with E-state index >= 15 is 0 Å². The lowest BCUT2D eigenvalue weighted by Gasteiger charge is -2.44. The Morgan fingerprint density at radius 1 is 0.788 bits per heavy atom. The number of amides is 1. The molecule has 0 aromatic rings. The Morgan fingerprint density at radius 3 is 1.82 bits per heavy atom. The molecule has 2 fully saturated rings. The number of halogens is 1. The molecule has 12 nitrogen and oxygen atoms in total. The van der Waals surface area contributed by atoms with E-state index < -0.39 is 67.3 Å². The monoisotopic (exact) mass is 585 g/mol. The Balaban J connectivity index is 2.34. The number of esters is 4. The highest BCUT2D eigenvalue weighted by Crippen LogP contribution is 2.30. The van der Waals surface area contributed by atoms with Gasteiger partial charge in [0.2, 0.25) is 12.4 Å². The van der Waals surface area contributed by atoms with Crippen LogP contribution in [-0.4, -0.2) is 89.2 Å². The first-order valence-corrected chi connectivity index (χ1v) is 11.6. The summed E-state index contributed by atoms with van der Waals surface area (Å²) in [5.41, 5.74) is 0. The molecule has 2 saturated heterocycles. The molecule has 2 heterocycles. The molecule has 5 atom stereocenters. The molecule has 33 heavy (non-hydrogen) atoms. The van der Waals surface area contributed by atoms with E-state index in [0.29, 0.717) is 17.0 Å². The standard InChI is InChI=1S/C20H28INO11/c1-10(23)28-9-15-16(29-11(2)24)17(30-12(3)25)18(31-13(4)26)19(32-15)33-20(27)22-7-5-14(21)6-8-22/h14-19H,5-9H2,1-4H3/t15-,16+,17+,18-,19+/m1/s1. The van der Waals surface area contributed by atoms with Crippen LogP contribution in [0.3, 0.4) is 0 Å². The van der Waals surface area contributed by atoms with Gasteiger partial charge in [0, 0.05) is 44.7 Å². The lowest BCUT2D eigenvalue weighted by atomic mass is 9.98. The minimum atomic E-state index is -1.52. The first kappa shape index (κ1) is 27.1. The summed E-state index contributed by atoms with van der Waals surface area (Å²) in [5.74, 6) is -2.92. The van der Waals surface area contributed by atoms with Gasteiger partial charge < -0.3 is 33.3 Å². The van der Waals surface area contributed by atoms with Crippen LogP contribution in [0, 0.1) is 0 Å². The molecule has 0 radical (unpaired) electrons. The third-order valence-electron chi connectivity index (χ3n) is 4.85. The maximum Gasteiger partial charge on any atom is 0.412 e. The molecule has 0 N–H and O–H groups in total. The van der Waals surface area contributed by atoms with Crippen LogP contribution in [0.2, 0.25) is 0 Å². The lowest BCUT2D eigenvalue weighted by molar-refractivity contribution is -0.296. The van der Waals surface area contributed by atoms with Crippen LogP contribution >= 0.6 is 22.6 Å². The Hall–Kier alpha value is -2.16. The van der Waals surface area contributed by atoms with Crippen molar-refractivity contribution in [1.82, 2.24) is 4.90 Å². The van der Waals surface area contributed by atoms with E-state index in [4.69, 9.17) is 28.4 Å². The van der Waals surface area contributed by atoms with E-state index in [0.717, 1.165) is 33.6 Å². The van der Waals surface area contributed by atoms with Gasteiger partial charge in [-0.05, 0) is 12.8 Å². The zero-order valence-corrected chi connectivity index (χ0v) is 21.0. The third kappa shape index (κ3) is 8.28. The average Bonchev–Trinajstić information content (AvgIpc) is 2.70. The quantitative estimate of drug-likeness (QED) is 0.191. The molecule has 2 rings (SSSR count). The van der Waals surface area contributed by atoms with Crippen LogP contribution in [0.25, 0.3) is 0 Å². The number of carbonyl (C=O) groups is 5. The van der Waals surface area contributed by atoms with Crippen LogP contribution in [0.1, 0.15) is 40.5 Å². The second kappa shape index (κ2) is 12.3. The molecule has 2 aliphatic rings. The second-order valence-corrected chi connectivity index (χ2v) is 9.37. The summed E-state index contributed by atoms with van der Waals surface area (Å²) in [4.78, 5) is 60.9. The summed E-state index contributed by atoms with van der Waals surface area (Å²) in [7, 11) is 0. The highest BCUT2D eigenvalue weighted by molar-refractivity contribution is 14.1. The van der Waals surface area contributed by atoms with Crippen molar-refractivity contribution < 1.29 is 52.4 Å². The fraction of sp³-hybridized carbons (Fsp3) is 0.750. The van der Waals surface area contributed by atoms with Crippen molar-refractivity contribution in [1.29, 1.82) is 0 Å². The number of rotatable bonds is 6. The van der Waals surface area contributed by atoms with Crippen molar-refractivity contribution in [3.05, 3.63) is 0 Å². The van der Waals surface area contributed by atoms with E-state index in [1.54, 1.807) is 0 Å². The van der Waals surface area contributed by atoms with Gasteiger partial charge in [0.05, 0.1) is 0 Å². The molecule has 0 aromatic heterocycles. The van der Waals surface area contributed by atoms with Crippen LogP contribution in [0.15, 0.2) is 0 Å². The lowest BCUT2D eigenvalue weighted by Crippen LogP contribution is -2.63. The molecule has 186 valence electrons. The number of carbonyl (C=O) groups excluding carboxylic acids is 5. The average molecular weight is 585 g/mol. The SMILES string of the molecule is CC(=O)OC[C@H]1O[C@@H](OC(=O)N2CCC(I)CC2)[C@H](OC(C)=O)[C@@H](OC(C)=O)[C@H]1OC(C)=O. The molecule has 1 amide bonds. The predicted molar refractivity (Wildman–Crippen MR) is 117 cm³/mol. The van der Waals surface area contributed by atoms with Gasteiger partial charge in [0.15, 0.2) is 12.2 Å². The van der Waals surface area contributed by atoms with E-state index in [1.807, 2.05) is 0 Å². The van der Waals surface area contributed by atoms with Gasteiger partial charge in [-0.3, -0.25) is 19.2 Å². The summed E-state index contributed by atoms with van der Waals surface area (Å²) < 4.78 is 32.5. The van der Waals surface area contributed by atoms with Crippen LogP contribution in [0.5, 0.6) is 0 Å². The van der Waals surface area contributed by atoms with E-state index in [1.165, 1.54) is 11.8 Å². The maximum absolute atomic E-state index is 12.8. The fourth-order valence-electron chi connectivity index (χ4n) is 3.49. The summed E-state index contributed by atoms with van der Waals surface area (Å²) >= 11 is 2.31. The summed E-state index contributed by atoms with van der Waals surface area (Å²) in [6.07, 6.45) is -5.96. The van der Waals surface area contributed by atoms with Crippen LogP contribution < -0.4 is 0 Å². The van der Waals surface area contributed by atoms with Crippen LogP contribution in [0.4, 0.5) is 4.79 Å². The topological polar surface area (TPSA) is 144 Å². The Kier molecular flexibility index (Phi) is 10.1. The predicted octanol–water partition coefficient (Wildman–Crippen LogP) is 1.11. The molecule has 2 aliphatic heterocycles. The van der Waals surface area contributed by atoms with Gasteiger partial charge in [-0.25, -0.2) is 4.79 Å². The van der Waals surface area contributed by atoms with Gasteiger partial charge in [-0.1, -0.05) is 22.6 Å². The van der Waals surface area contributed by atoms with E-state index in [-0.39, 0.29) is 0 Å². The number of hydrogen-bond acceptors (Lipinski definition) is 11. The number of likely N-dealkylation sites (tertiary alicyclic amines) is 1. The molecule has 0 saturated carbocycles. The molecular weight excluding hydrogens is 557 g/mol. The molecule has 0 aliphatic carbocycles. The molecule has 0 spiro atoms. The number of nitrogens with zero attached hydrogens (tertiary/aromatic N) is 1. The normalized spacial score (nSPS) is 27.8. The minimum Gasteiger partial charge on any atom is -0.463 e. The molecule has 0 bridgehead atoms. The largest absolute Gasteiger partial charge is 0.463 e. The first-order valence-electron chi connectivity index (χ1n) is 10.4. The summed E-state index contributed by atoms with van der Waals surface area (Å²) in [6, 6.07) is 0. The van der Waals surface area contributed by atoms with Crippen LogP contribution in [-0.2, 0) is 47.6 Å². The Morgan fingerprint density at radius 2 is 1.30 bits per heavy atom. The molecule has 0 aromatic carbocycles. The third-order valence-corrected chi connectivity index (χ3v) is 6.09.